The molecule has 2 aromatic rings. The Kier molecular flexibility index (Phi) is 5.85. The number of hydrogen-bond acceptors (Lipinski definition) is 4. The molecule has 3 rings (SSSR count). The van der Waals surface area contributed by atoms with Crippen molar-refractivity contribution in [2.24, 2.45) is 5.92 Å². The molecule has 1 saturated heterocycles. The van der Waals surface area contributed by atoms with E-state index in [0.29, 0.717) is 48.8 Å². The molecule has 27 heavy (non-hydrogen) atoms. The molecule has 144 valence electrons. The summed E-state index contributed by atoms with van der Waals surface area (Å²) in [5, 5.41) is 5.24. The first-order chi connectivity index (χ1) is 12.9. The van der Waals surface area contributed by atoms with E-state index in [4.69, 9.17) is 16.3 Å². The number of piperidine rings is 1. The van der Waals surface area contributed by atoms with E-state index in [-0.39, 0.29) is 17.8 Å². The number of carbonyl (C=O) groups is 2. The maximum atomic E-state index is 13.1. The van der Waals surface area contributed by atoms with Crippen LogP contribution in [0.3, 0.4) is 0 Å². The number of carbonyl (C=O) groups excluding carboxylic acids is 2. The molecule has 7 heteroatoms. The highest BCUT2D eigenvalue weighted by molar-refractivity contribution is 6.31. The van der Waals surface area contributed by atoms with Gasteiger partial charge in [-0.05, 0) is 38.3 Å². The summed E-state index contributed by atoms with van der Waals surface area (Å²) in [4.78, 5) is 26.5. The van der Waals surface area contributed by atoms with E-state index in [1.807, 2.05) is 42.8 Å². The van der Waals surface area contributed by atoms with Crippen LogP contribution in [-0.2, 0) is 16.1 Å². The molecule has 1 fully saturated rings. The third kappa shape index (κ3) is 4.00. The van der Waals surface area contributed by atoms with Gasteiger partial charge in [0.1, 0.15) is 0 Å². The van der Waals surface area contributed by atoms with Crippen molar-refractivity contribution in [3.05, 3.63) is 51.8 Å². The molecule has 1 aliphatic heterocycles. The first-order valence-corrected chi connectivity index (χ1v) is 9.44. The lowest BCUT2D eigenvalue weighted by molar-refractivity contribution is -0.146. The van der Waals surface area contributed by atoms with Gasteiger partial charge in [-0.15, -0.1) is 0 Å². The Labute approximate surface area is 164 Å². The van der Waals surface area contributed by atoms with Crippen molar-refractivity contribution in [2.75, 3.05) is 20.2 Å². The molecule has 0 unspecified atom stereocenters. The quantitative estimate of drug-likeness (QED) is 0.753. The molecular formula is C20H24ClN3O3. The lowest BCUT2D eigenvalue weighted by Gasteiger charge is -2.30. The number of aryl methyl sites for hydroxylation is 1. The molecular weight excluding hydrogens is 366 g/mol. The van der Waals surface area contributed by atoms with Gasteiger partial charge in [-0.3, -0.25) is 14.3 Å². The lowest BCUT2D eigenvalue weighted by Crippen LogP contribution is -2.40. The fourth-order valence-corrected chi connectivity index (χ4v) is 3.79. The number of esters is 1. The van der Waals surface area contributed by atoms with Crippen LogP contribution in [0.15, 0.2) is 24.3 Å². The second-order valence-corrected chi connectivity index (χ2v) is 7.29. The number of nitrogens with zero attached hydrogens (tertiary/aromatic N) is 3. The van der Waals surface area contributed by atoms with Gasteiger partial charge in [0.25, 0.3) is 5.91 Å². The minimum atomic E-state index is -0.193. The number of rotatable bonds is 4. The van der Waals surface area contributed by atoms with Crippen LogP contribution < -0.4 is 0 Å². The SMILES string of the molecule is COC(=O)C1CCN(C(=O)c2c(C)nn(Cc3ccccc3Cl)c2C)CC1. The number of aromatic nitrogens is 2. The Morgan fingerprint density at radius 2 is 1.89 bits per heavy atom. The Hall–Kier alpha value is -2.34. The van der Waals surface area contributed by atoms with Gasteiger partial charge in [0.05, 0.1) is 30.8 Å². The number of hydrogen-bond donors (Lipinski definition) is 0. The molecule has 0 N–H and O–H groups in total. The van der Waals surface area contributed by atoms with E-state index < -0.39 is 0 Å². The van der Waals surface area contributed by atoms with Gasteiger partial charge in [0.15, 0.2) is 0 Å². The van der Waals surface area contributed by atoms with E-state index in [0.717, 1.165) is 11.3 Å². The second-order valence-electron chi connectivity index (χ2n) is 6.88. The minimum absolute atomic E-state index is 0.0290. The van der Waals surface area contributed by atoms with Crippen LogP contribution >= 0.6 is 11.6 Å². The van der Waals surface area contributed by atoms with Crippen molar-refractivity contribution in [1.82, 2.24) is 14.7 Å². The maximum Gasteiger partial charge on any atom is 0.308 e. The highest BCUT2D eigenvalue weighted by atomic mass is 35.5. The average molecular weight is 390 g/mol. The third-order valence-electron chi connectivity index (χ3n) is 5.19. The topological polar surface area (TPSA) is 64.4 Å². The number of methoxy groups -OCH3 is 1. The average Bonchev–Trinajstić information content (AvgIpc) is 2.95. The Morgan fingerprint density at radius 1 is 1.22 bits per heavy atom. The van der Waals surface area contributed by atoms with Crippen molar-refractivity contribution < 1.29 is 14.3 Å². The van der Waals surface area contributed by atoms with Crippen LogP contribution in [0.2, 0.25) is 5.02 Å². The molecule has 1 aromatic carbocycles. The number of benzene rings is 1. The molecule has 0 atom stereocenters. The largest absolute Gasteiger partial charge is 0.469 e. The summed E-state index contributed by atoms with van der Waals surface area (Å²) in [6.45, 7) is 5.38. The summed E-state index contributed by atoms with van der Waals surface area (Å²) in [6.07, 6.45) is 1.26. The zero-order chi connectivity index (χ0) is 19.6. The predicted molar refractivity (Wildman–Crippen MR) is 103 cm³/mol. The zero-order valence-electron chi connectivity index (χ0n) is 15.9. The first kappa shape index (κ1) is 19.4. The molecule has 1 aromatic heterocycles. The summed E-state index contributed by atoms with van der Waals surface area (Å²) in [5.41, 5.74) is 3.13. The molecule has 1 aliphatic rings. The van der Waals surface area contributed by atoms with Crippen molar-refractivity contribution in [3.63, 3.8) is 0 Å². The van der Waals surface area contributed by atoms with Crippen LogP contribution in [0, 0.1) is 19.8 Å². The van der Waals surface area contributed by atoms with E-state index in [9.17, 15) is 9.59 Å². The maximum absolute atomic E-state index is 13.1. The van der Waals surface area contributed by atoms with Crippen molar-refractivity contribution >= 4 is 23.5 Å². The number of likely N-dealkylation sites (tertiary alicyclic amines) is 1. The van der Waals surface area contributed by atoms with Gasteiger partial charge < -0.3 is 9.64 Å². The summed E-state index contributed by atoms with van der Waals surface area (Å²) in [7, 11) is 1.40. The van der Waals surface area contributed by atoms with Crippen LogP contribution in [-0.4, -0.2) is 46.8 Å². The van der Waals surface area contributed by atoms with Gasteiger partial charge in [-0.2, -0.15) is 5.10 Å². The van der Waals surface area contributed by atoms with E-state index >= 15 is 0 Å². The van der Waals surface area contributed by atoms with Gasteiger partial charge in [0, 0.05) is 23.8 Å². The van der Waals surface area contributed by atoms with Crippen LogP contribution in [0.25, 0.3) is 0 Å². The summed E-state index contributed by atoms with van der Waals surface area (Å²) >= 11 is 6.25. The Balaban J connectivity index is 1.76. The molecule has 2 heterocycles. The third-order valence-corrected chi connectivity index (χ3v) is 5.56. The van der Waals surface area contributed by atoms with Gasteiger partial charge >= 0.3 is 5.97 Å². The molecule has 0 radical (unpaired) electrons. The summed E-state index contributed by atoms with van der Waals surface area (Å²) in [6, 6.07) is 7.63. The molecule has 0 bridgehead atoms. The van der Waals surface area contributed by atoms with E-state index in [1.54, 1.807) is 4.90 Å². The lowest BCUT2D eigenvalue weighted by atomic mass is 9.96. The Morgan fingerprint density at radius 3 is 2.52 bits per heavy atom. The highest BCUT2D eigenvalue weighted by Gasteiger charge is 2.30. The molecule has 0 spiro atoms. The molecule has 6 nitrogen and oxygen atoms in total. The minimum Gasteiger partial charge on any atom is -0.469 e. The predicted octanol–water partition coefficient (Wildman–Crippen LogP) is 3.23. The van der Waals surface area contributed by atoms with Gasteiger partial charge in [-0.1, -0.05) is 29.8 Å². The number of amides is 1. The van der Waals surface area contributed by atoms with E-state index in [2.05, 4.69) is 5.10 Å². The molecule has 1 amide bonds. The molecule has 0 saturated carbocycles. The van der Waals surface area contributed by atoms with Gasteiger partial charge in [-0.25, -0.2) is 0 Å². The highest BCUT2D eigenvalue weighted by Crippen LogP contribution is 2.24. The van der Waals surface area contributed by atoms with Crippen LogP contribution in [0.1, 0.15) is 40.2 Å². The summed E-state index contributed by atoms with van der Waals surface area (Å²) < 4.78 is 6.64. The standard InChI is InChI=1S/C20H24ClN3O3/c1-13-18(19(25)23-10-8-15(9-11-23)20(26)27-3)14(2)24(22-13)12-16-6-4-5-7-17(16)21/h4-7,15H,8-12H2,1-3H3. The zero-order valence-corrected chi connectivity index (χ0v) is 16.6. The smallest absolute Gasteiger partial charge is 0.308 e. The first-order valence-electron chi connectivity index (χ1n) is 9.07. The van der Waals surface area contributed by atoms with Crippen LogP contribution in [0.4, 0.5) is 0 Å². The monoisotopic (exact) mass is 389 g/mol. The van der Waals surface area contributed by atoms with Gasteiger partial charge in [0.2, 0.25) is 0 Å². The van der Waals surface area contributed by atoms with Crippen LogP contribution in [0.5, 0.6) is 0 Å². The number of halogens is 1. The molecule has 0 aliphatic carbocycles. The fourth-order valence-electron chi connectivity index (χ4n) is 3.59. The fraction of sp³-hybridized carbons (Fsp3) is 0.450. The normalized spacial score (nSPS) is 15.0. The van der Waals surface area contributed by atoms with Crippen molar-refractivity contribution in [2.45, 2.75) is 33.2 Å². The number of ether oxygens (including phenoxy) is 1. The second kappa shape index (κ2) is 8.13. The summed E-state index contributed by atoms with van der Waals surface area (Å²) in [5.74, 6) is -0.343. The van der Waals surface area contributed by atoms with Crippen molar-refractivity contribution in [3.8, 4) is 0 Å². The van der Waals surface area contributed by atoms with E-state index in [1.165, 1.54) is 7.11 Å². The van der Waals surface area contributed by atoms with Crippen molar-refractivity contribution in [1.29, 1.82) is 0 Å². The Bertz CT molecular complexity index is 854.